The van der Waals surface area contributed by atoms with E-state index in [2.05, 4.69) is 40.2 Å². The lowest BCUT2D eigenvalue weighted by Gasteiger charge is -2.32. The normalized spacial score (nSPS) is 18.9. The number of phenolic OH excluding ortho intramolecular Hbond substituents is 1. The van der Waals surface area contributed by atoms with Gasteiger partial charge in [-0.25, -0.2) is 0 Å². The molecule has 0 aromatic heterocycles. The molecule has 1 N–H and O–H groups in total. The highest BCUT2D eigenvalue weighted by atomic mass is 32.2. The third kappa shape index (κ3) is 4.48. The van der Waals surface area contributed by atoms with Gasteiger partial charge in [-0.05, 0) is 54.6 Å². The Morgan fingerprint density at radius 3 is 2.66 bits per heavy atom. The number of hydrogen-bond donors (Lipinski definition) is 1. The molecule has 0 aliphatic carbocycles. The van der Waals surface area contributed by atoms with Gasteiger partial charge in [0.05, 0.1) is 12.0 Å². The summed E-state index contributed by atoms with van der Waals surface area (Å²) in [5, 5.41) is 11.0. The van der Waals surface area contributed by atoms with Crippen molar-refractivity contribution in [2.45, 2.75) is 19.3 Å². The maximum Gasteiger partial charge on any atom is 0.286 e. The smallest absolute Gasteiger partial charge is 0.286 e. The molecule has 0 atom stereocenters. The molecule has 150 valence electrons. The number of hydrogen-bond acceptors (Lipinski definition) is 5. The molecule has 2 aromatic carbocycles. The van der Waals surface area contributed by atoms with Crippen molar-refractivity contribution in [2.24, 2.45) is 10.9 Å². The van der Waals surface area contributed by atoms with Crippen LogP contribution in [0.4, 0.5) is 0 Å². The molecule has 2 heterocycles. The van der Waals surface area contributed by atoms with E-state index in [0.29, 0.717) is 22.1 Å². The minimum atomic E-state index is -0.251. The zero-order valence-corrected chi connectivity index (χ0v) is 17.2. The molecule has 29 heavy (non-hydrogen) atoms. The number of para-hydroxylation sites is 1. The number of aromatic hydroxyl groups is 1. The molecule has 2 aliphatic rings. The van der Waals surface area contributed by atoms with Crippen molar-refractivity contribution < 1.29 is 14.6 Å². The number of piperidine rings is 1. The van der Waals surface area contributed by atoms with E-state index in [1.807, 2.05) is 0 Å². The number of ether oxygens (including phenoxy) is 1. The molecule has 4 rings (SSSR count). The fourth-order valence-electron chi connectivity index (χ4n) is 3.77. The maximum atomic E-state index is 12.4. The van der Waals surface area contributed by atoms with Crippen molar-refractivity contribution in [3.8, 4) is 11.5 Å². The Kier molecular flexibility index (Phi) is 5.90. The van der Waals surface area contributed by atoms with Gasteiger partial charge in [0.1, 0.15) is 0 Å². The van der Waals surface area contributed by atoms with Gasteiger partial charge in [0.15, 0.2) is 16.7 Å². The predicted molar refractivity (Wildman–Crippen MR) is 117 cm³/mol. The van der Waals surface area contributed by atoms with E-state index >= 15 is 0 Å². The average molecular weight is 409 g/mol. The van der Waals surface area contributed by atoms with Crippen LogP contribution in [0.25, 0.3) is 6.08 Å². The van der Waals surface area contributed by atoms with Crippen LogP contribution in [0.1, 0.15) is 24.0 Å². The van der Waals surface area contributed by atoms with Crippen molar-refractivity contribution in [2.75, 3.05) is 20.2 Å². The lowest BCUT2D eigenvalue weighted by molar-refractivity contribution is -0.113. The van der Waals surface area contributed by atoms with Crippen molar-refractivity contribution in [3.05, 3.63) is 64.6 Å². The SMILES string of the molecule is COc1cccc(/C=C2\SC(N3CCC(Cc4ccccc4)CC3)=NC2=O)c1O. The summed E-state index contributed by atoms with van der Waals surface area (Å²) in [6.07, 6.45) is 4.98. The van der Waals surface area contributed by atoms with Crippen molar-refractivity contribution in [1.29, 1.82) is 0 Å². The fourth-order valence-corrected chi connectivity index (χ4v) is 4.73. The zero-order valence-electron chi connectivity index (χ0n) is 16.4. The number of carbonyl (C=O) groups excluding carboxylic acids is 1. The highest BCUT2D eigenvalue weighted by Crippen LogP contribution is 2.36. The average Bonchev–Trinajstić information content (AvgIpc) is 3.11. The van der Waals surface area contributed by atoms with Crippen LogP contribution in [0, 0.1) is 5.92 Å². The highest BCUT2D eigenvalue weighted by molar-refractivity contribution is 8.18. The van der Waals surface area contributed by atoms with Crippen LogP contribution in [0.5, 0.6) is 11.5 Å². The van der Waals surface area contributed by atoms with Gasteiger partial charge in [-0.1, -0.05) is 42.5 Å². The predicted octanol–water partition coefficient (Wildman–Crippen LogP) is 4.33. The number of aliphatic imine (C=N–C) groups is 1. The van der Waals surface area contributed by atoms with E-state index in [4.69, 9.17) is 4.74 Å². The molecule has 2 aromatic rings. The first-order chi connectivity index (χ1) is 14.1. The summed E-state index contributed by atoms with van der Waals surface area (Å²) in [4.78, 5) is 19.4. The molecule has 1 fully saturated rings. The van der Waals surface area contributed by atoms with Crippen LogP contribution in [0.2, 0.25) is 0 Å². The Hall–Kier alpha value is -2.73. The van der Waals surface area contributed by atoms with Gasteiger partial charge in [0.2, 0.25) is 0 Å². The molecule has 6 heteroatoms. The topological polar surface area (TPSA) is 62.1 Å². The number of phenols is 1. The molecule has 2 aliphatic heterocycles. The number of likely N-dealkylation sites (tertiary alicyclic amines) is 1. The first-order valence-electron chi connectivity index (χ1n) is 9.81. The van der Waals surface area contributed by atoms with Gasteiger partial charge in [-0.15, -0.1) is 0 Å². The number of methoxy groups -OCH3 is 1. The monoisotopic (exact) mass is 408 g/mol. The first kappa shape index (κ1) is 19.6. The standard InChI is InChI=1S/C23H24N2O3S/c1-28-19-9-5-8-18(21(19)26)15-20-22(27)24-23(29-20)25-12-10-17(11-13-25)14-16-6-3-2-4-7-16/h2-9,15,17,26H,10-14H2,1H3/b20-15-. The van der Waals surface area contributed by atoms with E-state index in [-0.39, 0.29) is 11.7 Å². The second-order valence-electron chi connectivity index (χ2n) is 7.33. The molecule has 0 radical (unpaired) electrons. The summed E-state index contributed by atoms with van der Waals surface area (Å²) in [7, 11) is 1.50. The fraction of sp³-hybridized carbons (Fsp3) is 0.304. The number of benzene rings is 2. The lowest BCUT2D eigenvalue weighted by atomic mass is 9.90. The molecule has 1 amide bonds. The van der Waals surface area contributed by atoms with E-state index in [1.54, 1.807) is 24.3 Å². The van der Waals surface area contributed by atoms with Crippen LogP contribution in [0.3, 0.4) is 0 Å². The number of nitrogens with zero attached hydrogens (tertiary/aromatic N) is 2. The second kappa shape index (κ2) is 8.74. The van der Waals surface area contributed by atoms with Gasteiger partial charge < -0.3 is 14.7 Å². The maximum absolute atomic E-state index is 12.4. The number of amides is 1. The molecule has 0 bridgehead atoms. The summed E-state index contributed by atoms with van der Waals surface area (Å²) in [6, 6.07) is 15.8. The number of amidine groups is 1. The lowest BCUT2D eigenvalue weighted by Crippen LogP contribution is -2.37. The summed E-state index contributed by atoms with van der Waals surface area (Å²) < 4.78 is 5.14. The van der Waals surface area contributed by atoms with E-state index in [1.165, 1.54) is 24.4 Å². The Labute approximate surface area is 175 Å². The molecule has 0 spiro atoms. The molecule has 0 saturated carbocycles. The van der Waals surface area contributed by atoms with Crippen LogP contribution < -0.4 is 4.74 Å². The number of thioether (sulfide) groups is 1. The Balaban J connectivity index is 1.38. The Morgan fingerprint density at radius 2 is 1.93 bits per heavy atom. The Bertz CT molecular complexity index is 948. The quantitative estimate of drug-likeness (QED) is 0.763. The molecule has 1 saturated heterocycles. The van der Waals surface area contributed by atoms with Gasteiger partial charge in [-0.2, -0.15) is 4.99 Å². The molecular formula is C23H24N2O3S. The summed E-state index contributed by atoms with van der Waals surface area (Å²) in [6.45, 7) is 1.82. The number of carbonyl (C=O) groups is 1. The molecule has 5 nitrogen and oxygen atoms in total. The van der Waals surface area contributed by atoms with Crippen LogP contribution in [-0.2, 0) is 11.2 Å². The molecular weight excluding hydrogens is 384 g/mol. The van der Waals surface area contributed by atoms with E-state index in [9.17, 15) is 9.90 Å². The summed E-state index contributed by atoms with van der Waals surface area (Å²) in [5.74, 6) is 0.834. The summed E-state index contributed by atoms with van der Waals surface area (Å²) in [5.41, 5.74) is 1.94. The molecule has 0 unspecified atom stereocenters. The van der Waals surface area contributed by atoms with Gasteiger partial charge in [-0.3, -0.25) is 4.79 Å². The minimum absolute atomic E-state index is 0.0334. The van der Waals surface area contributed by atoms with Gasteiger partial charge >= 0.3 is 0 Å². The van der Waals surface area contributed by atoms with Gasteiger partial charge in [0, 0.05) is 18.7 Å². The first-order valence-corrected chi connectivity index (χ1v) is 10.6. The Morgan fingerprint density at radius 1 is 1.17 bits per heavy atom. The minimum Gasteiger partial charge on any atom is -0.504 e. The van der Waals surface area contributed by atoms with E-state index in [0.717, 1.165) is 37.5 Å². The summed E-state index contributed by atoms with van der Waals surface area (Å²) >= 11 is 1.38. The largest absolute Gasteiger partial charge is 0.504 e. The third-order valence-electron chi connectivity index (χ3n) is 5.40. The van der Waals surface area contributed by atoms with Crippen LogP contribution >= 0.6 is 11.8 Å². The number of rotatable bonds is 4. The highest BCUT2D eigenvalue weighted by Gasteiger charge is 2.29. The van der Waals surface area contributed by atoms with Crippen molar-refractivity contribution >= 4 is 28.9 Å². The second-order valence-corrected chi connectivity index (χ2v) is 8.34. The van der Waals surface area contributed by atoms with Gasteiger partial charge in [0.25, 0.3) is 5.91 Å². The van der Waals surface area contributed by atoms with Crippen molar-refractivity contribution in [1.82, 2.24) is 4.90 Å². The van der Waals surface area contributed by atoms with Crippen molar-refractivity contribution in [3.63, 3.8) is 0 Å². The van der Waals surface area contributed by atoms with Crippen LogP contribution in [-0.4, -0.2) is 41.3 Å². The zero-order chi connectivity index (χ0) is 20.2. The third-order valence-corrected chi connectivity index (χ3v) is 6.44. The van der Waals surface area contributed by atoms with E-state index < -0.39 is 0 Å². The van der Waals surface area contributed by atoms with Crippen LogP contribution in [0.15, 0.2) is 58.4 Å².